The van der Waals surface area contributed by atoms with Gasteiger partial charge in [-0.05, 0) is 36.4 Å². The second-order valence-corrected chi connectivity index (χ2v) is 3.21. The average molecular weight is 202 g/mol. The van der Waals surface area contributed by atoms with Gasteiger partial charge in [-0.25, -0.2) is 0 Å². The zero-order valence-electron chi connectivity index (χ0n) is 8.10. The van der Waals surface area contributed by atoms with Crippen LogP contribution < -0.4 is 10.9 Å². The van der Waals surface area contributed by atoms with Gasteiger partial charge in [0, 0.05) is 5.69 Å². The summed E-state index contributed by atoms with van der Waals surface area (Å²) in [4.78, 5) is 0. The maximum Gasteiger partial charge on any atom is 0.0748 e. The van der Waals surface area contributed by atoms with Gasteiger partial charge < -0.3 is 5.73 Å². The molecule has 0 aliphatic carbocycles. The highest BCUT2D eigenvalue weighted by Gasteiger charge is 2.06. The Morgan fingerprint density at radius 2 is 1.33 bits per heavy atom. The number of hydrogen-bond donors (Lipinski definition) is 1. The normalized spacial score (nSPS) is 9.93. The Hall–Kier alpha value is -2.03. The Kier molecular flexibility index (Phi) is 2.54. The smallest absolute Gasteiger partial charge is 0.0748 e. The van der Waals surface area contributed by atoms with Gasteiger partial charge in [0.2, 0.25) is 0 Å². The number of halogens is 1. The molecule has 0 fully saturated rings. The molecule has 0 heterocycles. The first-order valence-corrected chi connectivity index (χ1v) is 4.64. The highest BCUT2D eigenvalue weighted by atomic mass is 19.2. The van der Waals surface area contributed by atoms with Gasteiger partial charge in [-0.15, -0.1) is 0 Å². The van der Waals surface area contributed by atoms with Crippen LogP contribution in [0.4, 0.5) is 21.5 Å². The number of nitrogens with zero attached hydrogens (tertiary/aromatic N) is 1. The van der Waals surface area contributed by atoms with Crippen molar-refractivity contribution in [1.29, 1.82) is 0 Å². The van der Waals surface area contributed by atoms with Crippen molar-refractivity contribution in [2.75, 3.05) is 10.9 Å². The fourth-order valence-corrected chi connectivity index (χ4v) is 1.31. The maximum atomic E-state index is 13.8. The first kappa shape index (κ1) is 9.52. The molecule has 0 atom stereocenters. The van der Waals surface area contributed by atoms with Crippen molar-refractivity contribution in [2.24, 2.45) is 0 Å². The first-order valence-electron chi connectivity index (χ1n) is 4.64. The predicted molar refractivity (Wildman–Crippen MR) is 60.5 cm³/mol. The zero-order valence-corrected chi connectivity index (χ0v) is 8.10. The van der Waals surface area contributed by atoms with Crippen molar-refractivity contribution in [2.45, 2.75) is 0 Å². The third-order valence-electron chi connectivity index (χ3n) is 2.10. The molecule has 15 heavy (non-hydrogen) atoms. The molecule has 2 N–H and O–H groups in total. The minimum atomic E-state index is 0.468. The fourth-order valence-electron chi connectivity index (χ4n) is 1.31. The van der Waals surface area contributed by atoms with E-state index >= 15 is 0 Å². The SMILES string of the molecule is Nc1ccc(N(F)c2ccccc2)cc1. The summed E-state index contributed by atoms with van der Waals surface area (Å²) in [6, 6.07) is 15.5. The summed E-state index contributed by atoms with van der Waals surface area (Å²) in [5, 5.41) is 0.624. The third kappa shape index (κ3) is 2.07. The van der Waals surface area contributed by atoms with E-state index in [1.54, 1.807) is 48.5 Å². The molecule has 3 heteroatoms. The maximum absolute atomic E-state index is 13.8. The van der Waals surface area contributed by atoms with Gasteiger partial charge in [-0.1, -0.05) is 22.7 Å². The van der Waals surface area contributed by atoms with Crippen LogP contribution in [0.5, 0.6) is 0 Å². The lowest BCUT2D eigenvalue weighted by Gasteiger charge is -2.13. The van der Waals surface area contributed by atoms with Crippen molar-refractivity contribution in [1.82, 2.24) is 0 Å². The minimum Gasteiger partial charge on any atom is -0.399 e. The molecule has 0 aromatic heterocycles. The highest BCUT2D eigenvalue weighted by Crippen LogP contribution is 2.25. The van der Waals surface area contributed by atoms with E-state index in [-0.39, 0.29) is 0 Å². The molecule has 2 rings (SSSR count). The van der Waals surface area contributed by atoms with Gasteiger partial charge in [-0.3, -0.25) is 0 Å². The van der Waals surface area contributed by atoms with Crippen molar-refractivity contribution < 1.29 is 4.48 Å². The van der Waals surface area contributed by atoms with Gasteiger partial charge >= 0.3 is 0 Å². The molecule has 0 unspecified atom stereocenters. The number of hydrogen-bond acceptors (Lipinski definition) is 2. The summed E-state index contributed by atoms with van der Waals surface area (Å²) in [6.07, 6.45) is 0. The monoisotopic (exact) mass is 202 g/mol. The summed E-state index contributed by atoms with van der Waals surface area (Å²) in [7, 11) is 0. The van der Waals surface area contributed by atoms with Crippen LogP contribution in [0.15, 0.2) is 54.6 Å². The van der Waals surface area contributed by atoms with Crippen LogP contribution in [-0.2, 0) is 0 Å². The lowest BCUT2D eigenvalue weighted by Crippen LogP contribution is -2.02. The average Bonchev–Trinajstić information content (AvgIpc) is 2.30. The second-order valence-electron chi connectivity index (χ2n) is 3.21. The van der Waals surface area contributed by atoms with Gasteiger partial charge in [0.1, 0.15) is 0 Å². The number of nitrogens with two attached hydrogens (primary N) is 1. The Morgan fingerprint density at radius 1 is 0.800 bits per heavy atom. The number of nitrogen functional groups attached to an aromatic ring is 1. The summed E-state index contributed by atoms with van der Waals surface area (Å²) >= 11 is 0. The Labute approximate surface area is 87.7 Å². The van der Waals surface area contributed by atoms with E-state index < -0.39 is 0 Å². The predicted octanol–water partition coefficient (Wildman–Crippen LogP) is 3.29. The molecular weight excluding hydrogens is 191 g/mol. The van der Waals surface area contributed by atoms with Crippen LogP contribution >= 0.6 is 0 Å². The van der Waals surface area contributed by atoms with Crippen molar-refractivity contribution in [3.05, 3.63) is 54.6 Å². The van der Waals surface area contributed by atoms with Crippen LogP contribution in [0, 0.1) is 0 Å². The molecule has 0 aliphatic heterocycles. The van der Waals surface area contributed by atoms with E-state index in [9.17, 15) is 4.48 Å². The van der Waals surface area contributed by atoms with Crippen LogP contribution in [0.2, 0.25) is 0 Å². The molecule has 0 saturated carbocycles. The lowest BCUT2D eigenvalue weighted by atomic mass is 10.2. The Balaban J connectivity index is 2.29. The van der Waals surface area contributed by atoms with E-state index in [1.807, 2.05) is 6.07 Å². The molecular formula is C12H11FN2. The van der Waals surface area contributed by atoms with E-state index in [0.717, 1.165) is 0 Å². The largest absolute Gasteiger partial charge is 0.399 e. The molecule has 2 aromatic carbocycles. The van der Waals surface area contributed by atoms with E-state index in [1.165, 1.54) is 0 Å². The van der Waals surface area contributed by atoms with Crippen LogP contribution in [0.25, 0.3) is 0 Å². The van der Waals surface area contributed by atoms with Gasteiger partial charge in [0.15, 0.2) is 0 Å². The molecule has 2 aromatic rings. The standard InChI is InChI=1S/C12H11FN2/c13-15(11-4-2-1-3-5-11)12-8-6-10(14)7-9-12/h1-9H,14H2. The van der Waals surface area contributed by atoms with Gasteiger partial charge in [-0.2, -0.15) is 5.12 Å². The van der Waals surface area contributed by atoms with E-state index in [4.69, 9.17) is 5.73 Å². The highest BCUT2D eigenvalue weighted by molar-refractivity contribution is 5.62. The van der Waals surface area contributed by atoms with Crippen LogP contribution in [-0.4, -0.2) is 0 Å². The zero-order chi connectivity index (χ0) is 10.7. The topological polar surface area (TPSA) is 29.3 Å². The molecule has 0 spiro atoms. The molecule has 0 saturated heterocycles. The quantitative estimate of drug-likeness (QED) is 0.598. The van der Waals surface area contributed by atoms with Crippen molar-refractivity contribution >= 4 is 17.1 Å². The molecule has 0 bridgehead atoms. The molecule has 0 radical (unpaired) electrons. The number of benzene rings is 2. The molecule has 2 nitrogen and oxygen atoms in total. The third-order valence-corrected chi connectivity index (χ3v) is 2.10. The summed E-state index contributed by atoms with van der Waals surface area (Å²) in [5.74, 6) is 0. The number of rotatable bonds is 2. The lowest BCUT2D eigenvalue weighted by molar-refractivity contribution is 0.505. The molecule has 76 valence electrons. The molecule has 0 aliphatic rings. The van der Waals surface area contributed by atoms with Gasteiger partial charge in [0.05, 0.1) is 11.4 Å². The number of para-hydroxylation sites is 1. The number of anilines is 3. The first-order chi connectivity index (χ1) is 7.27. The summed E-state index contributed by atoms with van der Waals surface area (Å²) in [5.41, 5.74) is 7.12. The fraction of sp³-hybridized carbons (Fsp3) is 0. The molecule has 0 amide bonds. The van der Waals surface area contributed by atoms with Crippen molar-refractivity contribution in [3.63, 3.8) is 0 Å². The van der Waals surface area contributed by atoms with Gasteiger partial charge in [0.25, 0.3) is 0 Å². The van der Waals surface area contributed by atoms with Crippen LogP contribution in [0.3, 0.4) is 0 Å². The van der Waals surface area contributed by atoms with Crippen LogP contribution in [0.1, 0.15) is 0 Å². The van der Waals surface area contributed by atoms with E-state index in [0.29, 0.717) is 22.2 Å². The Bertz CT molecular complexity index is 425. The minimum absolute atomic E-state index is 0.468. The van der Waals surface area contributed by atoms with Crippen molar-refractivity contribution in [3.8, 4) is 0 Å². The Morgan fingerprint density at radius 3 is 1.93 bits per heavy atom. The summed E-state index contributed by atoms with van der Waals surface area (Å²) < 4.78 is 13.8. The summed E-state index contributed by atoms with van der Waals surface area (Å²) in [6.45, 7) is 0. The second kappa shape index (κ2) is 4.00. The van der Waals surface area contributed by atoms with E-state index in [2.05, 4.69) is 0 Å².